The molecule has 1 aromatic rings. The Balaban J connectivity index is 2.79. The standard InChI is InChI=1S/C10H16N4O2S/c1-7-6-8(15)13(2)10(16)14(7)4-3-5-17-9(11)12/h6H,3-5H2,1-2H3,(H3,11,12)/p+1. The second-order valence-corrected chi connectivity index (χ2v) is 4.89. The minimum Gasteiger partial charge on any atom is -0.298 e. The van der Waals surface area contributed by atoms with Crippen LogP contribution in [0.15, 0.2) is 15.7 Å². The number of aromatic nitrogens is 2. The molecule has 0 unspecified atom stereocenters. The summed E-state index contributed by atoms with van der Waals surface area (Å²) in [5.41, 5.74) is 5.43. The number of nitrogens with zero attached hydrogens (tertiary/aromatic N) is 2. The zero-order valence-corrected chi connectivity index (χ0v) is 10.8. The monoisotopic (exact) mass is 257 g/mol. The normalized spacial score (nSPS) is 10.5. The third kappa shape index (κ3) is 3.48. The molecule has 0 radical (unpaired) electrons. The van der Waals surface area contributed by atoms with Crippen LogP contribution in [0.1, 0.15) is 12.1 Å². The first-order valence-electron chi connectivity index (χ1n) is 5.21. The van der Waals surface area contributed by atoms with Crippen molar-refractivity contribution in [1.82, 2.24) is 9.13 Å². The summed E-state index contributed by atoms with van der Waals surface area (Å²) < 4.78 is 2.68. The fourth-order valence-corrected chi connectivity index (χ4v) is 1.97. The molecule has 7 heteroatoms. The van der Waals surface area contributed by atoms with E-state index in [1.807, 2.05) is 0 Å². The van der Waals surface area contributed by atoms with Gasteiger partial charge in [-0.2, -0.15) is 0 Å². The second kappa shape index (κ2) is 5.72. The molecule has 0 aliphatic rings. The van der Waals surface area contributed by atoms with Gasteiger partial charge in [0.25, 0.3) is 10.7 Å². The summed E-state index contributed by atoms with van der Waals surface area (Å²) in [5, 5.41) is 5.65. The maximum Gasteiger partial charge on any atom is 0.330 e. The lowest BCUT2D eigenvalue weighted by Crippen LogP contribution is -2.43. The van der Waals surface area contributed by atoms with Gasteiger partial charge in [0, 0.05) is 31.1 Å². The Morgan fingerprint density at radius 2 is 2.18 bits per heavy atom. The van der Waals surface area contributed by atoms with Crippen molar-refractivity contribution in [3.8, 4) is 0 Å². The Labute approximate surface area is 103 Å². The van der Waals surface area contributed by atoms with Gasteiger partial charge in [0.05, 0.1) is 0 Å². The minimum absolute atomic E-state index is 0.280. The molecule has 1 aromatic heterocycles. The molecule has 0 amide bonds. The molecule has 4 N–H and O–H groups in total. The van der Waals surface area contributed by atoms with Gasteiger partial charge in [-0.05, 0) is 25.1 Å². The predicted molar refractivity (Wildman–Crippen MR) is 68.9 cm³/mol. The average molecular weight is 257 g/mol. The first kappa shape index (κ1) is 13.6. The topological polar surface area (TPSA) is 95.6 Å². The number of hydrogen-bond acceptors (Lipinski definition) is 3. The van der Waals surface area contributed by atoms with E-state index in [1.165, 1.54) is 24.9 Å². The molecule has 0 aromatic carbocycles. The van der Waals surface area contributed by atoms with Gasteiger partial charge < -0.3 is 0 Å². The molecule has 1 rings (SSSR count). The molecule has 0 fully saturated rings. The van der Waals surface area contributed by atoms with Crippen molar-refractivity contribution in [1.29, 1.82) is 0 Å². The van der Waals surface area contributed by atoms with Gasteiger partial charge >= 0.3 is 5.69 Å². The summed E-state index contributed by atoms with van der Waals surface area (Å²) in [6.45, 7) is 2.30. The summed E-state index contributed by atoms with van der Waals surface area (Å²) in [4.78, 5) is 23.1. The van der Waals surface area contributed by atoms with E-state index in [4.69, 9.17) is 11.1 Å². The number of thioether (sulfide) groups is 1. The van der Waals surface area contributed by atoms with Crippen molar-refractivity contribution in [2.45, 2.75) is 19.9 Å². The van der Waals surface area contributed by atoms with Crippen molar-refractivity contribution in [3.63, 3.8) is 0 Å². The predicted octanol–water partition coefficient (Wildman–Crippen LogP) is -1.95. The quantitative estimate of drug-likeness (QED) is 0.372. The summed E-state index contributed by atoms with van der Waals surface area (Å²) >= 11 is 1.36. The molecule has 0 saturated heterocycles. The highest BCUT2D eigenvalue weighted by atomic mass is 32.2. The van der Waals surface area contributed by atoms with Crippen LogP contribution in [-0.4, -0.2) is 20.1 Å². The Hall–Kier alpha value is -1.50. The molecular formula is C10H17N4O2S+. The van der Waals surface area contributed by atoms with Gasteiger partial charge in [0.2, 0.25) is 0 Å². The van der Waals surface area contributed by atoms with Gasteiger partial charge in [-0.3, -0.25) is 25.1 Å². The summed E-state index contributed by atoms with van der Waals surface area (Å²) in [6.07, 6.45) is 0.765. The first-order chi connectivity index (χ1) is 7.93. The van der Waals surface area contributed by atoms with Crippen LogP contribution >= 0.6 is 11.8 Å². The molecule has 17 heavy (non-hydrogen) atoms. The number of nitrogens with two attached hydrogens (primary N) is 2. The Bertz CT molecular complexity index is 532. The van der Waals surface area contributed by atoms with Crippen molar-refractivity contribution < 1.29 is 5.41 Å². The largest absolute Gasteiger partial charge is 0.330 e. The number of aryl methyl sites for hydroxylation is 1. The zero-order valence-electron chi connectivity index (χ0n) is 9.97. The van der Waals surface area contributed by atoms with E-state index in [-0.39, 0.29) is 11.2 Å². The van der Waals surface area contributed by atoms with E-state index in [2.05, 4.69) is 0 Å². The van der Waals surface area contributed by atoms with Crippen LogP contribution in [0.2, 0.25) is 0 Å². The molecule has 0 bridgehead atoms. The van der Waals surface area contributed by atoms with Gasteiger partial charge in [-0.15, -0.1) is 0 Å². The molecule has 0 aliphatic carbocycles. The third-order valence-corrected chi connectivity index (χ3v) is 3.23. The van der Waals surface area contributed by atoms with Crippen LogP contribution in [0.4, 0.5) is 0 Å². The van der Waals surface area contributed by atoms with Gasteiger partial charge in [-0.1, -0.05) is 0 Å². The lowest BCUT2D eigenvalue weighted by Gasteiger charge is -2.10. The highest BCUT2D eigenvalue weighted by Crippen LogP contribution is 2.01. The van der Waals surface area contributed by atoms with Crippen LogP contribution in [0.3, 0.4) is 0 Å². The van der Waals surface area contributed by atoms with E-state index in [0.717, 1.165) is 16.7 Å². The van der Waals surface area contributed by atoms with E-state index in [0.29, 0.717) is 17.4 Å². The van der Waals surface area contributed by atoms with Crippen molar-refractivity contribution in [2.75, 3.05) is 5.75 Å². The van der Waals surface area contributed by atoms with E-state index in [1.54, 1.807) is 11.5 Å². The molecule has 0 aliphatic heterocycles. The van der Waals surface area contributed by atoms with Crippen LogP contribution in [-0.2, 0) is 13.6 Å². The summed E-state index contributed by atoms with van der Waals surface area (Å²) in [6, 6.07) is 1.46. The first-order valence-corrected chi connectivity index (χ1v) is 6.20. The SMILES string of the molecule is Cc1cc(=O)n(C)c(=O)n1CCCSC(N)=[NH2+]. The van der Waals surface area contributed by atoms with E-state index in [9.17, 15) is 9.59 Å². The van der Waals surface area contributed by atoms with E-state index >= 15 is 0 Å². The summed E-state index contributed by atoms with van der Waals surface area (Å²) in [5.74, 6) is 0.747. The Morgan fingerprint density at radius 1 is 1.53 bits per heavy atom. The van der Waals surface area contributed by atoms with E-state index < -0.39 is 0 Å². The molecule has 94 valence electrons. The van der Waals surface area contributed by atoms with Crippen molar-refractivity contribution in [2.24, 2.45) is 12.8 Å². The Morgan fingerprint density at radius 3 is 2.76 bits per heavy atom. The van der Waals surface area contributed by atoms with Gasteiger partial charge in [0.15, 0.2) is 0 Å². The van der Waals surface area contributed by atoms with Crippen LogP contribution in [0, 0.1) is 6.92 Å². The molecule has 6 nitrogen and oxygen atoms in total. The van der Waals surface area contributed by atoms with Crippen molar-refractivity contribution >= 4 is 16.9 Å². The van der Waals surface area contributed by atoms with Gasteiger partial charge in [0.1, 0.15) is 0 Å². The number of amidine groups is 1. The molecular weight excluding hydrogens is 240 g/mol. The lowest BCUT2D eigenvalue weighted by atomic mass is 10.4. The van der Waals surface area contributed by atoms with Gasteiger partial charge in [-0.25, -0.2) is 4.79 Å². The minimum atomic E-state index is -0.287. The zero-order chi connectivity index (χ0) is 13.0. The molecule has 0 saturated carbocycles. The van der Waals surface area contributed by atoms with Crippen LogP contribution in [0.5, 0.6) is 0 Å². The highest BCUT2D eigenvalue weighted by molar-refractivity contribution is 8.13. The molecule has 1 heterocycles. The lowest BCUT2D eigenvalue weighted by molar-refractivity contribution is -0.110. The maximum absolute atomic E-state index is 11.8. The average Bonchev–Trinajstić information content (AvgIpc) is 2.24. The second-order valence-electron chi connectivity index (χ2n) is 3.72. The number of hydrogen-bond donors (Lipinski definition) is 2. The van der Waals surface area contributed by atoms with Crippen LogP contribution in [0.25, 0.3) is 0 Å². The smallest absolute Gasteiger partial charge is 0.298 e. The molecule has 0 spiro atoms. The fourth-order valence-electron chi connectivity index (χ4n) is 1.46. The maximum atomic E-state index is 11.8. The Kier molecular flexibility index (Phi) is 4.56. The number of rotatable bonds is 4. The van der Waals surface area contributed by atoms with Crippen LogP contribution < -0.4 is 22.4 Å². The summed E-state index contributed by atoms with van der Waals surface area (Å²) in [7, 11) is 1.47. The van der Waals surface area contributed by atoms with Crippen molar-refractivity contribution in [3.05, 3.63) is 32.6 Å². The third-order valence-electron chi connectivity index (χ3n) is 2.40. The fraction of sp³-hybridized carbons (Fsp3) is 0.500. The highest BCUT2D eigenvalue weighted by Gasteiger charge is 2.05. The molecule has 0 atom stereocenters.